The lowest BCUT2D eigenvalue weighted by Gasteiger charge is -2.29. The van der Waals surface area contributed by atoms with Gasteiger partial charge in [-0.15, -0.1) is 12.4 Å². The average Bonchev–Trinajstić information content (AvgIpc) is 3.10. The van der Waals surface area contributed by atoms with E-state index in [1.165, 1.54) is 20.4 Å². The SMILES string of the molecule is CCc1cc(I)c2c(c1)C(NCCCNc1nc3ncccc3[nH]1)CCN2.Cl. The van der Waals surface area contributed by atoms with Crippen molar-refractivity contribution < 1.29 is 0 Å². The van der Waals surface area contributed by atoms with Crippen LogP contribution in [0.25, 0.3) is 11.2 Å². The summed E-state index contributed by atoms with van der Waals surface area (Å²) in [4.78, 5) is 12.0. The van der Waals surface area contributed by atoms with Crippen molar-refractivity contribution in [3.8, 4) is 0 Å². The van der Waals surface area contributed by atoms with Gasteiger partial charge >= 0.3 is 0 Å². The van der Waals surface area contributed by atoms with Crippen LogP contribution in [-0.2, 0) is 6.42 Å². The zero-order valence-corrected chi connectivity index (χ0v) is 18.9. The van der Waals surface area contributed by atoms with Crippen molar-refractivity contribution in [3.63, 3.8) is 0 Å². The van der Waals surface area contributed by atoms with Gasteiger partial charge in [-0.2, -0.15) is 4.98 Å². The minimum Gasteiger partial charge on any atom is -0.384 e. The second-order valence-electron chi connectivity index (χ2n) is 6.86. The van der Waals surface area contributed by atoms with Gasteiger partial charge in [-0.25, -0.2) is 4.98 Å². The van der Waals surface area contributed by atoms with E-state index < -0.39 is 0 Å². The maximum atomic E-state index is 4.45. The molecule has 1 atom stereocenters. The fourth-order valence-corrected chi connectivity index (χ4v) is 4.46. The van der Waals surface area contributed by atoms with Gasteiger partial charge in [0.25, 0.3) is 0 Å². The number of aromatic amines is 1. The molecule has 28 heavy (non-hydrogen) atoms. The number of benzene rings is 1. The Kier molecular flexibility index (Phi) is 7.36. The van der Waals surface area contributed by atoms with Crippen LogP contribution in [0.4, 0.5) is 11.6 Å². The summed E-state index contributed by atoms with van der Waals surface area (Å²) in [6.07, 6.45) is 5.00. The van der Waals surface area contributed by atoms with E-state index in [0.29, 0.717) is 6.04 Å². The predicted octanol–water partition coefficient (Wildman–Crippen LogP) is 4.50. The zero-order chi connectivity index (χ0) is 18.6. The fraction of sp³-hybridized carbons (Fsp3) is 0.400. The van der Waals surface area contributed by atoms with Crippen molar-refractivity contribution >= 4 is 57.8 Å². The summed E-state index contributed by atoms with van der Waals surface area (Å²) in [5, 5.41) is 10.7. The number of halogens is 2. The number of rotatable bonds is 7. The molecule has 8 heteroatoms. The van der Waals surface area contributed by atoms with Gasteiger partial charge in [0.05, 0.1) is 11.2 Å². The van der Waals surface area contributed by atoms with Crippen molar-refractivity contribution in [3.05, 3.63) is 45.2 Å². The third-order valence-corrected chi connectivity index (χ3v) is 5.84. The second kappa shape index (κ2) is 9.76. The molecule has 0 radical (unpaired) electrons. The molecular formula is C20H26ClIN6. The van der Waals surface area contributed by atoms with E-state index in [1.54, 1.807) is 6.20 Å². The first kappa shape index (κ1) is 21.1. The molecule has 1 aliphatic rings. The number of hydrogen-bond donors (Lipinski definition) is 4. The van der Waals surface area contributed by atoms with Gasteiger partial charge in [-0.1, -0.05) is 13.0 Å². The first-order valence-corrected chi connectivity index (χ1v) is 10.7. The quantitative estimate of drug-likeness (QED) is 0.277. The zero-order valence-electron chi connectivity index (χ0n) is 15.9. The predicted molar refractivity (Wildman–Crippen MR) is 127 cm³/mol. The summed E-state index contributed by atoms with van der Waals surface area (Å²) in [6, 6.07) is 8.98. The molecule has 3 aromatic rings. The standard InChI is InChI=1S/C20H25IN6.ClH/c1-2-13-11-14-16(6-10-23-18(14)15(21)12-13)22-8-4-9-25-20-26-17-5-3-7-24-19(17)27-20;/h3,5,7,11-12,16,22-23H,2,4,6,8-10H2,1H3,(H2,24,25,26,27);1H. The Bertz CT molecular complexity index is 895. The Morgan fingerprint density at radius 2 is 2.18 bits per heavy atom. The number of aromatic nitrogens is 3. The minimum atomic E-state index is 0. The van der Waals surface area contributed by atoms with E-state index in [9.17, 15) is 0 Å². The lowest BCUT2D eigenvalue weighted by atomic mass is 9.95. The van der Waals surface area contributed by atoms with Crippen LogP contribution in [0.5, 0.6) is 0 Å². The van der Waals surface area contributed by atoms with Crippen molar-refractivity contribution in [1.82, 2.24) is 20.3 Å². The van der Waals surface area contributed by atoms with Crippen molar-refractivity contribution in [2.45, 2.75) is 32.2 Å². The van der Waals surface area contributed by atoms with Crippen LogP contribution in [0.2, 0.25) is 0 Å². The van der Waals surface area contributed by atoms with Crippen molar-refractivity contribution in [2.24, 2.45) is 0 Å². The number of aryl methyl sites for hydroxylation is 1. The van der Waals surface area contributed by atoms with Crippen molar-refractivity contribution in [2.75, 3.05) is 30.3 Å². The highest BCUT2D eigenvalue weighted by atomic mass is 127. The Hall–Kier alpha value is -1.58. The minimum absolute atomic E-state index is 0. The maximum Gasteiger partial charge on any atom is 0.202 e. The molecule has 0 spiro atoms. The summed E-state index contributed by atoms with van der Waals surface area (Å²) in [5.41, 5.74) is 5.86. The Morgan fingerprint density at radius 3 is 3.00 bits per heavy atom. The summed E-state index contributed by atoms with van der Waals surface area (Å²) in [7, 11) is 0. The van der Waals surface area contributed by atoms with Crippen LogP contribution in [0.1, 0.15) is 36.9 Å². The number of nitrogens with zero attached hydrogens (tertiary/aromatic N) is 2. The van der Waals surface area contributed by atoms with Crippen LogP contribution in [0, 0.1) is 3.57 Å². The van der Waals surface area contributed by atoms with Crippen LogP contribution in [0.3, 0.4) is 0 Å². The Balaban J connectivity index is 0.00000225. The summed E-state index contributed by atoms with van der Waals surface area (Å²) < 4.78 is 1.33. The normalized spacial score (nSPS) is 15.6. The van der Waals surface area contributed by atoms with Crippen LogP contribution >= 0.6 is 35.0 Å². The van der Waals surface area contributed by atoms with Crippen LogP contribution in [-0.4, -0.2) is 34.6 Å². The van der Waals surface area contributed by atoms with Crippen LogP contribution < -0.4 is 16.0 Å². The van der Waals surface area contributed by atoms with E-state index in [0.717, 1.165) is 56.0 Å². The van der Waals surface area contributed by atoms with Gasteiger partial charge in [-0.3, -0.25) is 0 Å². The molecule has 0 aliphatic carbocycles. The van der Waals surface area contributed by atoms with E-state index in [2.05, 4.69) is 72.5 Å². The second-order valence-corrected chi connectivity index (χ2v) is 8.02. The maximum absolute atomic E-state index is 4.45. The van der Waals surface area contributed by atoms with Crippen molar-refractivity contribution in [1.29, 1.82) is 0 Å². The largest absolute Gasteiger partial charge is 0.384 e. The number of fused-ring (bicyclic) bond motifs is 2. The molecule has 4 rings (SSSR count). The third-order valence-electron chi connectivity index (χ3n) is 4.99. The monoisotopic (exact) mass is 512 g/mol. The van der Waals surface area contributed by atoms with Crippen LogP contribution in [0.15, 0.2) is 30.5 Å². The van der Waals surface area contributed by atoms with E-state index in [-0.39, 0.29) is 12.4 Å². The smallest absolute Gasteiger partial charge is 0.202 e. The highest BCUT2D eigenvalue weighted by Crippen LogP contribution is 2.34. The first-order valence-electron chi connectivity index (χ1n) is 9.58. The molecule has 0 amide bonds. The molecular weight excluding hydrogens is 487 g/mol. The van der Waals surface area contributed by atoms with E-state index in [4.69, 9.17) is 0 Å². The van der Waals surface area contributed by atoms with Gasteiger partial charge in [0.15, 0.2) is 5.65 Å². The molecule has 6 nitrogen and oxygen atoms in total. The molecule has 0 bridgehead atoms. The number of anilines is 2. The van der Waals surface area contributed by atoms with Gasteiger partial charge in [0.1, 0.15) is 0 Å². The third kappa shape index (κ3) is 4.69. The Morgan fingerprint density at radius 1 is 1.29 bits per heavy atom. The number of nitrogens with one attached hydrogen (secondary N) is 4. The molecule has 4 N–H and O–H groups in total. The lowest BCUT2D eigenvalue weighted by molar-refractivity contribution is 0.497. The van der Waals surface area contributed by atoms with E-state index >= 15 is 0 Å². The highest BCUT2D eigenvalue weighted by molar-refractivity contribution is 14.1. The van der Waals surface area contributed by atoms with Gasteiger partial charge in [-0.05, 0) is 77.7 Å². The number of pyridine rings is 1. The number of H-pyrrole nitrogens is 1. The molecule has 1 aromatic carbocycles. The molecule has 0 saturated heterocycles. The molecule has 1 unspecified atom stereocenters. The first-order chi connectivity index (χ1) is 13.2. The molecule has 0 saturated carbocycles. The molecule has 3 heterocycles. The lowest BCUT2D eigenvalue weighted by Crippen LogP contribution is -2.30. The van der Waals surface area contributed by atoms with E-state index in [1.807, 2.05) is 12.1 Å². The Labute approximate surface area is 185 Å². The molecule has 1 aliphatic heterocycles. The summed E-state index contributed by atoms with van der Waals surface area (Å²) >= 11 is 2.45. The topological polar surface area (TPSA) is 77.7 Å². The fourth-order valence-electron chi connectivity index (χ4n) is 3.56. The highest BCUT2D eigenvalue weighted by Gasteiger charge is 2.21. The molecule has 2 aromatic heterocycles. The summed E-state index contributed by atoms with van der Waals surface area (Å²) in [6.45, 7) is 5.09. The van der Waals surface area contributed by atoms with Gasteiger partial charge in [0, 0.05) is 28.9 Å². The number of hydrogen-bond acceptors (Lipinski definition) is 5. The van der Waals surface area contributed by atoms with Gasteiger partial charge in [0.2, 0.25) is 5.95 Å². The summed E-state index contributed by atoms with van der Waals surface area (Å²) in [5.74, 6) is 0.790. The molecule has 0 fully saturated rings. The molecule has 150 valence electrons. The number of imidazole rings is 1. The van der Waals surface area contributed by atoms with Gasteiger partial charge < -0.3 is 20.9 Å². The average molecular weight is 513 g/mol.